The first kappa shape index (κ1) is 14.6. The third kappa shape index (κ3) is 4.43. The normalized spacial score (nSPS) is 10.9. The molecule has 0 aromatic heterocycles. The summed E-state index contributed by atoms with van der Waals surface area (Å²) < 4.78 is 13.6. The number of benzene rings is 1. The van der Waals surface area contributed by atoms with E-state index in [1.807, 2.05) is 7.05 Å². The number of hydrogen-bond donors (Lipinski definition) is 2. The summed E-state index contributed by atoms with van der Waals surface area (Å²) >= 11 is 0. The molecule has 0 aliphatic carbocycles. The molecule has 0 aliphatic heterocycles. The highest BCUT2D eigenvalue weighted by Crippen LogP contribution is 2.09. The topological polar surface area (TPSA) is 58.4 Å². The largest absolute Gasteiger partial charge is 0.366 e. The molecule has 18 heavy (non-hydrogen) atoms. The van der Waals surface area contributed by atoms with E-state index < -0.39 is 11.7 Å². The van der Waals surface area contributed by atoms with E-state index in [-0.39, 0.29) is 5.56 Å². The van der Waals surface area contributed by atoms with Crippen LogP contribution < -0.4 is 11.1 Å². The first-order valence-electron chi connectivity index (χ1n) is 6.02. The monoisotopic (exact) mass is 253 g/mol. The molecule has 0 aliphatic rings. The van der Waals surface area contributed by atoms with Gasteiger partial charge >= 0.3 is 0 Å². The molecule has 1 amide bonds. The van der Waals surface area contributed by atoms with E-state index in [0.717, 1.165) is 19.6 Å². The van der Waals surface area contributed by atoms with E-state index in [9.17, 15) is 9.18 Å². The number of hydrogen-bond acceptors (Lipinski definition) is 3. The van der Waals surface area contributed by atoms with Crippen molar-refractivity contribution in [3.05, 3.63) is 35.1 Å². The standard InChI is InChI=1S/C13H20FN3O/c1-3-17(2)7-6-16-9-11-5-4-10(13(15)18)8-12(11)14/h4-5,8,16H,3,6-7,9H2,1-2H3,(H2,15,18). The summed E-state index contributed by atoms with van der Waals surface area (Å²) in [5, 5.41) is 3.16. The summed E-state index contributed by atoms with van der Waals surface area (Å²) in [5.41, 5.74) is 5.81. The Balaban J connectivity index is 2.46. The number of carbonyl (C=O) groups is 1. The highest BCUT2D eigenvalue weighted by molar-refractivity contribution is 5.92. The predicted octanol–water partition coefficient (Wildman–Crippen LogP) is 0.966. The highest BCUT2D eigenvalue weighted by atomic mass is 19.1. The minimum Gasteiger partial charge on any atom is -0.366 e. The Morgan fingerprint density at radius 2 is 2.22 bits per heavy atom. The molecule has 0 unspecified atom stereocenters. The van der Waals surface area contributed by atoms with Crippen molar-refractivity contribution in [3.63, 3.8) is 0 Å². The third-order valence-corrected chi connectivity index (χ3v) is 2.86. The van der Waals surface area contributed by atoms with Crippen LogP contribution in [0.1, 0.15) is 22.8 Å². The van der Waals surface area contributed by atoms with Gasteiger partial charge in [-0.25, -0.2) is 4.39 Å². The lowest BCUT2D eigenvalue weighted by molar-refractivity contribution is 0.1000. The second-order valence-corrected chi connectivity index (χ2v) is 4.24. The Bertz CT molecular complexity index is 409. The van der Waals surface area contributed by atoms with Gasteiger partial charge in [-0.1, -0.05) is 13.0 Å². The van der Waals surface area contributed by atoms with Crippen molar-refractivity contribution in [1.29, 1.82) is 0 Å². The lowest BCUT2D eigenvalue weighted by Gasteiger charge is -2.14. The number of nitrogens with two attached hydrogens (primary N) is 1. The number of nitrogens with one attached hydrogen (secondary N) is 1. The van der Waals surface area contributed by atoms with Crippen LogP contribution in [-0.2, 0) is 6.54 Å². The number of primary amides is 1. The summed E-state index contributed by atoms with van der Waals surface area (Å²) in [5.74, 6) is -1.01. The van der Waals surface area contributed by atoms with Gasteiger partial charge in [-0.2, -0.15) is 0 Å². The van der Waals surface area contributed by atoms with E-state index in [4.69, 9.17) is 5.73 Å². The number of rotatable bonds is 7. The second-order valence-electron chi connectivity index (χ2n) is 4.24. The Hall–Kier alpha value is -1.46. The van der Waals surface area contributed by atoms with Crippen molar-refractivity contribution in [3.8, 4) is 0 Å². The lowest BCUT2D eigenvalue weighted by Crippen LogP contribution is -2.29. The quantitative estimate of drug-likeness (QED) is 0.712. The summed E-state index contributed by atoms with van der Waals surface area (Å²) in [6.07, 6.45) is 0. The molecule has 0 atom stereocenters. The molecule has 100 valence electrons. The van der Waals surface area contributed by atoms with Crippen molar-refractivity contribution in [2.45, 2.75) is 13.5 Å². The van der Waals surface area contributed by atoms with E-state index in [0.29, 0.717) is 12.1 Å². The molecule has 0 saturated carbocycles. The average molecular weight is 253 g/mol. The number of nitrogens with zero attached hydrogens (tertiary/aromatic N) is 1. The minimum absolute atomic E-state index is 0.196. The highest BCUT2D eigenvalue weighted by Gasteiger charge is 2.06. The van der Waals surface area contributed by atoms with Crippen molar-refractivity contribution >= 4 is 5.91 Å². The molecule has 0 spiro atoms. The molecule has 0 radical (unpaired) electrons. The van der Waals surface area contributed by atoms with Crippen molar-refractivity contribution in [2.24, 2.45) is 5.73 Å². The van der Waals surface area contributed by atoms with Gasteiger partial charge in [-0.05, 0) is 25.7 Å². The number of amides is 1. The maximum atomic E-state index is 13.6. The Morgan fingerprint density at radius 3 is 2.78 bits per heavy atom. The smallest absolute Gasteiger partial charge is 0.248 e. The van der Waals surface area contributed by atoms with E-state index in [1.165, 1.54) is 6.07 Å². The van der Waals surface area contributed by atoms with E-state index in [1.54, 1.807) is 12.1 Å². The van der Waals surface area contributed by atoms with Crippen LogP contribution >= 0.6 is 0 Å². The minimum atomic E-state index is -0.613. The predicted molar refractivity (Wildman–Crippen MR) is 69.8 cm³/mol. The molecule has 4 nitrogen and oxygen atoms in total. The SMILES string of the molecule is CCN(C)CCNCc1ccc(C(N)=O)cc1F. The van der Waals surface area contributed by atoms with Crippen LogP contribution in [0.5, 0.6) is 0 Å². The number of halogens is 1. The average Bonchev–Trinajstić information content (AvgIpc) is 2.35. The van der Waals surface area contributed by atoms with E-state index in [2.05, 4.69) is 17.1 Å². The van der Waals surface area contributed by atoms with Crippen molar-refractivity contribution in [1.82, 2.24) is 10.2 Å². The first-order chi connectivity index (χ1) is 8.54. The summed E-state index contributed by atoms with van der Waals surface area (Å²) in [6.45, 7) is 5.23. The molecular formula is C13H20FN3O. The van der Waals surface area contributed by atoms with Gasteiger partial charge < -0.3 is 16.0 Å². The zero-order valence-corrected chi connectivity index (χ0v) is 10.9. The van der Waals surface area contributed by atoms with Gasteiger partial charge in [0.05, 0.1) is 0 Å². The van der Waals surface area contributed by atoms with Crippen molar-refractivity contribution < 1.29 is 9.18 Å². The molecular weight excluding hydrogens is 233 g/mol. The molecule has 0 fully saturated rings. The van der Waals surface area contributed by atoms with Gasteiger partial charge in [-0.3, -0.25) is 4.79 Å². The molecule has 1 aromatic rings. The fourth-order valence-electron chi connectivity index (χ4n) is 1.50. The maximum absolute atomic E-state index is 13.6. The number of carbonyl (C=O) groups excluding carboxylic acids is 1. The molecule has 0 heterocycles. The molecule has 5 heteroatoms. The Kier molecular flexibility index (Phi) is 5.74. The molecule has 3 N–H and O–H groups in total. The third-order valence-electron chi connectivity index (χ3n) is 2.86. The van der Waals surface area contributed by atoms with Gasteiger partial charge in [0, 0.05) is 30.8 Å². The summed E-state index contributed by atoms with van der Waals surface area (Å²) in [7, 11) is 2.03. The Labute approximate surface area is 107 Å². The maximum Gasteiger partial charge on any atom is 0.248 e. The number of likely N-dealkylation sites (N-methyl/N-ethyl adjacent to an activating group) is 1. The first-order valence-corrected chi connectivity index (χ1v) is 6.02. The van der Waals surface area contributed by atoms with Gasteiger partial charge in [0.1, 0.15) is 5.82 Å². The fraction of sp³-hybridized carbons (Fsp3) is 0.462. The van der Waals surface area contributed by atoms with Crippen LogP contribution in [0.15, 0.2) is 18.2 Å². The van der Waals surface area contributed by atoms with Crippen LogP contribution in [0.2, 0.25) is 0 Å². The van der Waals surface area contributed by atoms with Crippen LogP contribution in [0.3, 0.4) is 0 Å². The summed E-state index contributed by atoms with van der Waals surface area (Å²) in [6, 6.07) is 4.31. The van der Waals surface area contributed by atoms with Crippen LogP contribution in [0.4, 0.5) is 4.39 Å². The molecule has 0 bridgehead atoms. The van der Waals surface area contributed by atoms with Crippen LogP contribution in [0.25, 0.3) is 0 Å². The molecule has 0 saturated heterocycles. The molecule has 1 aromatic carbocycles. The zero-order valence-electron chi connectivity index (χ0n) is 10.9. The second kappa shape index (κ2) is 7.08. The van der Waals surface area contributed by atoms with Gasteiger partial charge in [0.15, 0.2) is 0 Å². The van der Waals surface area contributed by atoms with E-state index >= 15 is 0 Å². The van der Waals surface area contributed by atoms with Gasteiger partial charge in [0.2, 0.25) is 5.91 Å². The molecule has 1 rings (SSSR count). The van der Waals surface area contributed by atoms with Crippen molar-refractivity contribution in [2.75, 3.05) is 26.7 Å². The lowest BCUT2D eigenvalue weighted by atomic mass is 10.1. The zero-order chi connectivity index (χ0) is 13.5. The van der Waals surface area contributed by atoms with Gasteiger partial charge in [-0.15, -0.1) is 0 Å². The Morgan fingerprint density at radius 1 is 1.50 bits per heavy atom. The van der Waals surface area contributed by atoms with Crippen LogP contribution in [-0.4, -0.2) is 37.5 Å². The van der Waals surface area contributed by atoms with Gasteiger partial charge in [0.25, 0.3) is 0 Å². The fourth-order valence-corrected chi connectivity index (χ4v) is 1.50. The summed E-state index contributed by atoms with van der Waals surface area (Å²) in [4.78, 5) is 13.0. The van der Waals surface area contributed by atoms with Crippen LogP contribution in [0, 0.1) is 5.82 Å².